The van der Waals surface area contributed by atoms with Crippen molar-refractivity contribution in [1.82, 2.24) is 19.9 Å². The van der Waals surface area contributed by atoms with Crippen LogP contribution in [0.2, 0.25) is 0 Å². The molecule has 0 aliphatic carbocycles. The number of fused-ring (bicyclic) bond motifs is 1. The number of rotatable bonds is 5. The van der Waals surface area contributed by atoms with Crippen LogP contribution in [0.1, 0.15) is 17.0 Å². The topological polar surface area (TPSA) is 77.8 Å². The van der Waals surface area contributed by atoms with Gasteiger partial charge in [0, 0.05) is 25.8 Å². The van der Waals surface area contributed by atoms with Crippen molar-refractivity contribution in [3.05, 3.63) is 59.7 Å². The van der Waals surface area contributed by atoms with Gasteiger partial charge in [0.05, 0.1) is 28.9 Å². The lowest BCUT2D eigenvalue weighted by molar-refractivity contribution is 0.00864. The largest absolute Gasteiger partial charge is 0.366 e. The van der Waals surface area contributed by atoms with Crippen molar-refractivity contribution in [2.24, 2.45) is 0 Å². The van der Waals surface area contributed by atoms with Crippen LogP contribution in [-0.4, -0.2) is 45.2 Å². The third-order valence-corrected chi connectivity index (χ3v) is 4.53. The molecule has 0 radical (unpaired) electrons. The molecule has 3 heterocycles. The number of imidazole rings is 1. The van der Waals surface area contributed by atoms with Gasteiger partial charge in [-0.2, -0.15) is 5.26 Å². The van der Waals surface area contributed by atoms with E-state index in [0.29, 0.717) is 31.0 Å². The molecule has 0 amide bonds. The SMILES string of the molecule is N#Cc1ccc(CN2CC(F)C(OCc3nc4ccncc4[nH]3)C2)cc1. The quantitative estimate of drug-likeness (QED) is 0.764. The predicted molar refractivity (Wildman–Crippen MR) is 93.8 cm³/mol. The molecule has 2 atom stereocenters. The number of nitrogens with one attached hydrogen (secondary N) is 1. The second-order valence-corrected chi connectivity index (χ2v) is 6.44. The number of alkyl halides is 1. The number of halogens is 1. The minimum absolute atomic E-state index is 0.241. The fraction of sp³-hybridized carbons (Fsp3) is 0.316. The zero-order valence-electron chi connectivity index (χ0n) is 14.1. The van der Waals surface area contributed by atoms with Crippen LogP contribution in [-0.2, 0) is 17.9 Å². The summed E-state index contributed by atoms with van der Waals surface area (Å²) in [6, 6.07) is 11.3. The Morgan fingerprint density at radius 2 is 2.12 bits per heavy atom. The number of H-pyrrole nitrogens is 1. The zero-order valence-corrected chi connectivity index (χ0v) is 14.1. The fourth-order valence-electron chi connectivity index (χ4n) is 3.20. The Hall–Kier alpha value is -2.82. The molecule has 1 N–H and O–H groups in total. The smallest absolute Gasteiger partial charge is 0.140 e. The normalized spacial score (nSPS) is 20.5. The number of nitrogens with zero attached hydrogens (tertiary/aromatic N) is 4. The van der Waals surface area contributed by atoms with Crippen molar-refractivity contribution in [3.63, 3.8) is 0 Å². The monoisotopic (exact) mass is 351 g/mol. The molecule has 4 rings (SSSR count). The van der Waals surface area contributed by atoms with E-state index in [1.165, 1.54) is 0 Å². The van der Waals surface area contributed by atoms with Gasteiger partial charge in [0.15, 0.2) is 0 Å². The minimum atomic E-state index is -1.03. The highest BCUT2D eigenvalue weighted by atomic mass is 19.1. The van der Waals surface area contributed by atoms with Crippen LogP contribution in [0.15, 0.2) is 42.7 Å². The molecule has 7 heteroatoms. The summed E-state index contributed by atoms with van der Waals surface area (Å²) in [6.07, 6.45) is 1.89. The Balaban J connectivity index is 1.33. The van der Waals surface area contributed by atoms with Gasteiger partial charge in [0.25, 0.3) is 0 Å². The Morgan fingerprint density at radius 3 is 2.88 bits per heavy atom. The summed E-state index contributed by atoms with van der Waals surface area (Å²) in [5.74, 6) is 0.672. The zero-order chi connectivity index (χ0) is 17.9. The van der Waals surface area contributed by atoms with Gasteiger partial charge >= 0.3 is 0 Å². The maximum atomic E-state index is 14.3. The highest BCUT2D eigenvalue weighted by Gasteiger charge is 2.33. The standard InChI is InChI=1S/C19H18FN5O/c20-15-10-25(9-14-3-1-13(7-21)2-4-14)11-18(15)26-12-19-23-16-5-6-22-8-17(16)24-19/h1-6,8,15,18H,9-12H2,(H,23,24). The molecule has 2 aromatic heterocycles. The molecule has 1 aromatic carbocycles. The molecule has 0 saturated carbocycles. The number of hydrogen-bond donors (Lipinski definition) is 1. The van der Waals surface area contributed by atoms with Crippen molar-refractivity contribution in [1.29, 1.82) is 5.26 Å². The molecule has 1 saturated heterocycles. The van der Waals surface area contributed by atoms with Crippen LogP contribution in [0.25, 0.3) is 11.0 Å². The van der Waals surface area contributed by atoms with E-state index in [0.717, 1.165) is 16.6 Å². The second-order valence-electron chi connectivity index (χ2n) is 6.44. The molecule has 0 spiro atoms. The van der Waals surface area contributed by atoms with E-state index in [9.17, 15) is 4.39 Å². The first-order valence-electron chi connectivity index (χ1n) is 8.47. The number of ether oxygens (including phenoxy) is 1. The lowest BCUT2D eigenvalue weighted by Crippen LogP contribution is -2.24. The molecule has 26 heavy (non-hydrogen) atoms. The van der Waals surface area contributed by atoms with E-state index in [4.69, 9.17) is 10.00 Å². The van der Waals surface area contributed by atoms with Gasteiger partial charge in [-0.3, -0.25) is 9.88 Å². The Bertz CT molecular complexity index is 900. The molecule has 1 aliphatic rings. The summed E-state index contributed by atoms with van der Waals surface area (Å²) in [5.41, 5.74) is 3.35. The molecule has 3 aromatic rings. The summed E-state index contributed by atoms with van der Waals surface area (Å²) in [5, 5.41) is 8.84. The van der Waals surface area contributed by atoms with Gasteiger partial charge in [0.2, 0.25) is 0 Å². The summed E-state index contributed by atoms with van der Waals surface area (Å²) in [7, 11) is 0. The molecular weight excluding hydrogens is 333 g/mol. The number of pyridine rings is 1. The van der Waals surface area contributed by atoms with E-state index in [-0.39, 0.29) is 6.61 Å². The predicted octanol–water partition coefficient (Wildman–Crippen LogP) is 2.57. The van der Waals surface area contributed by atoms with E-state index in [1.807, 2.05) is 23.1 Å². The fourth-order valence-corrected chi connectivity index (χ4v) is 3.20. The van der Waals surface area contributed by atoms with Crippen LogP contribution in [0.3, 0.4) is 0 Å². The Morgan fingerprint density at radius 1 is 1.27 bits per heavy atom. The first kappa shape index (κ1) is 16.6. The van der Waals surface area contributed by atoms with E-state index >= 15 is 0 Å². The molecule has 1 fully saturated rings. The van der Waals surface area contributed by atoms with Gasteiger partial charge < -0.3 is 9.72 Å². The van der Waals surface area contributed by atoms with Crippen molar-refractivity contribution in [2.45, 2.75) is 25.4 Å². The maximum absolute atomic E-state index is 14.3. The molecular formula is C19H18FN5O. The maximum Gasteiger partial charge on any atom is 0.140 e. The average Bonchev–Trinajstić information content (AvgIpc) is 3.23. The molecule has 1 aliphatic heterocycles. The van der Waals surface area contributed by atoms with Gasteiger partial charge in [-0.15, -0.1) is 0 Å². The summed E-state index contributed by atoms with van der Waals surface area (Å²) < 4.78 is 20.1. The van der Waals surface area contributed by atoms with Crippen molar-refractivity contribution >= 4 is 11.0 Å². The lowest BCUT2D eigenvalue weighted by Gasteiger charge is -2.15. The molecule has 6 nitrogen and oxygen atoms in total. The van der Waals surface area contributed by atoms with E-state index in [1.54, 1.807) is 24.5 Å². The van der Waals surface area contributed by atoms with Crippen molar-refractivity contribution in [3.8, 4) is 6.07 Å². The van der Waals surface area contributed by atoms with E-state index < -0.39 is 12.3 Å². The van der Waals surface area contributed by atoms with Crippen LogP contribution in [0.5, 0.6) is 0 Å². The highest BCUT2D eigenvalue weighted by molar-refractivity contribution is 5.73. The van der Waals surface area contributed by atoms with E-state index in [2.05, 4.69) is 21.0 Å². The van der Waals surface area contributed by atoms with Gasteiger partial charge in [-0.1, -0.05) is 12.1 Å². The van der Waals surface area contributed by atoms with Crippen LogP contribution >= 0.6 is 0 Å². The third kappa shape index (κ3) is 3.57. The van der Waals surface area contributed by atoms with Crippen molar-refractivity contribution in [2.75, 3.05) is 13.1 Å². The minimum Gasteiger partial charge on any atom is -0.366 e. The van der Waals surface area contributed by atoms with Crippen LogP contribution in [0.4, 0.5) is 4.39 Å². The first-order chi connectivity index (χ1) is 12.7. The number of likely N-dealkylation sites (tertiary alicyclic amines) is 1. The second kappa shape index (κ2) is 7.20. The van der Waals surface area contributed by atoms with Crippen molar-refractivity contribution < 1.29 is 9.13 Å². The van der Waals surface area contributed by atoms with Crippen LogP contribution in [0, 0.1) is 11.3 Å². The van der Waals surface area contributed by atoms with Crippen LogP contribution < -0.4 is 0 Å². The number of nitriles is 1. The first-order valence-corrected chi connectivity index (χ1v) is 8.47. The van der Waals surface area contributed by atoms with Gasteiger partial charge in [-0.25, -0.2) is 9.37 Å². The summed E-state index contributed by atoms with van der Waals surface area (Å²) >= 11 is 0. The third-order valence-electron chi connectivity index (χ3n) is 4.53. The summed E-state index contributed by atoms with van der Waals surface area (Å²) in [4.78, 5) is 13.6. The van der Waals surface area contributed by atoms with Gasteiger partial charge in [0.1, 0.15) is 24.7 Å². The molecule has 0 bridgehead atoms. The average molecular weight is 351 g/mol. The highest BCUT2D eigenvalue weighted by Crippen LogP contribution is 2.21. The number of hydrogen-bond acceptors (Lipinski definition) is 5. The number of benzene rings is 1. The Labute approximate surface area is 150 Å². The Kier molecular flexibility index (Phi) is 4.61. The lowest BCUT2D eigenvalue weighted by atomic mass is 10.1. The molecule has 2 unspecified atom stereocenters. The summed E-state index contributed by atoms with van der Waals surface area (Å²) in [6.45, 7) is 1.75. The molecule has 132 valence electrons. The number of aromatic nitrogens is 3. The number of aromatic amines is 1. The van der Waals surface area contributed by atoms with Gasteiger partial charge in [-0.05, 0) is 23.8 Å².